The molecule has 0 spiro atoms. The van der Waals surface area contributed by atoms with Crippen molar-refractivity contribution in [2.75, 3.05) is 6.61 Å². The Labute approximate surface area is 151 Å². The number of nitrogens with one attached hydrogen (secondary N) is 2. The zero-order valence-electron chi connectivity index (χ0n) is 14.5. The minimum absolute atomic E-state index is 0.322. The standard InChI is InChI=1S/C19H20N2O5/c1-13-7-6-10-16(11-13)25-12-17(22)26-14(2)18(23)20-21-19(24)15-8-4-3-5-9-15/h3-11,14H,12H2,1-2H3,(H,20,23)(H,21,24)/t14-/m1/s1. The molecule has 0 aliphatic carbocycles. The van der Waals surface area contributed by atoms with E-state index in [0.717, 1.165) is 5.56 Å². The van der Waals surface area contributed by atoms with E-state index in [-0.39, 0.29) is 6.61 Å². The molecular formula is C19H20N2O5. The van der Waals surface area contributed by atoms with Crippen LogP contribution >= 0.6 is 0 Å². The molecule has 7 nitrogen and oxygen atoms in total. The van der Waals surface area contributed by atoms with Crippen LogP contribution in [-0.2, 0) is 14.3 Å². The highest BCUT2D eigenvalue weighted by atomic mass is 16.6. The lowest BCUT2D eigenvalue weighted by Gasteiger charge is -2.14. The maximum absolute atomic E-state index is 11.9. The van der Waals surface area contributed by atoms with E-state index in [1.54, 1.807) is 42.5 Å². The molecule has 2 aromatic rings. The van der Waals surface area contributed by atoms with Gasteiger partial charge in [-0.3, -0.25) is 20.4 Å². The van der Waals surface area contributed by atoms with E-state index in [1.165, 1.54) is 6.92 Å². The monoisotopic (exact) mass is 356 g/mol. The molecule has 0 saturated carbocycles. The van der Waals surface area contributed by atoms with Crippen molar-refractivity contribution in [3.8, 4) is 5.75 Å². The summed E-state index contributed by atoms with van der Waals surface area (Å²) in [5, 5.41) is 0. The molecule has 7 heteroatoms. The number of carbonyl (C=O) groups is 3. The second-order valence-corrected chi connectivity index (χ2v) is 5.55. The average Bonchev–Trinajstić information content (AvgIpc) is 2.65. The number of hydrogen-bond acceptors (Lipinski definition) is 5. The van der Waals surface area contributed by atoms with Crippen molar-refractivity contribution in [2.24, 2.45) is 0 Å². The van der Waals surface area contributed by atoms with Gasteiger partial charge in [0.1, 0.15) is 5.75 Å². The van der Waals surface area contributed by atoms with Crippen molar-refractivity contribution in [2.45, 2.75) is 20.0 Å². The van der Waals surface area contributed by atoms with Gasteiger partial charge < -0.3 is 9.47 Å². The Hall–Kier alpha value is -3.35. The number of carbonyl (C=O) groups excluding carboxylic acids is 3. The van der Waals surface area contributed by atoms with Crippen molar-refractivity contribution < 1.29 is 23.9 Å². The number of aryl methyl sites for hydroxylation is 1. The van der Waals surface area contributed by atoms with Gasteiger partial charge in [-0.25, -0.2) is 4.79 Å². The third kappa shape index (κ3) is 5.94. The highest BCUT2D eigenvalue weighted by molar-refractivity contribution is 5.95. The molecule has 0 aliphatic rings. The molecule has 2 rings (SSSR count). The van der Waals surface area contributed by atoms with Crippen LogP contribution in [0.15, 0.2) is 54.6 Å². The maximum Gasteiger partial charge on any atom is 0.344 e. The van der Waals surface area contributed by atoms with E-state index in [1.807, 2.05) is 19.1 Å². The zero-order chi connectivity index (χ0) is 18.9. The Bertz CT molecular complexity index is 777. The van der Waals surface area contributed by atoms with Crippen LogP contribution in [0.1, 0.15) is 22.8 Å². The SMILES string of the molecule is Cc1cccc(OCC(=O)O[C@H](C)C(=O)NNC(=O)c2ccccc2)c1. The predicted molar refractivity (Wildman–Crippen MR) is 94.3 cm³/mol. The van der Waals surface area contributed by atoms with Crippen LogP contribution in [0, 0.1) is 6.92 Å². The van der Waals surface area contributed by atoms with Crippen LogP contribution in [0.3, 0.4) is 0 Å². The minimum Gasteiger partial charge on any atom is -0.482 e. The normalized spacial score (nSPS) is 11.2. The summed E-state index contributed by atoms with van der Waals surface area (Å²) < 4.78 is 10.3. The fourth-order valence-corrected chi connectivity index (χ4v) is 2.01. The molecule has 0 heterocycles. The number of esters is 1. The van der Waals surface area contributed by atoms with E-state index in [2.05, 4.69) is 10.9 Å². The quantitative estimate of drug-likeness (QED) is 0.608. The van der Waals surface area contributed by atoms with Crippen LogP contribution in [0.5, 0.6) is 5.75 Å². The zero-order valence-corrected chi connectivity index (χ0v) is 14.5. The molecule has 2 N–H and O–H groups in total. The number of ether oxygens (including phenoxy) is 2. The molecule has 0 radical (unpaired) electrons. The number of benzene rings is 2. The summed E-state index contributed by atoms with van der Waals surface area (Å²) in [5.41, 5.74) is 5.86. The molecule has 0 unspecified atom stereocenters. The predicted octanol–water partition coefficient (Wildman–Crippen LogP) is 1.77. The number of rotatable bonds is 6. The van der Waals surface area contributed by atoms with Crippen LogP contribution in [0.4, 0.5) is 0 Å². The molecule has 0 fully saturated rings. The Balaban J connectivity index is 1.73. The first-order valence-corrected chi connectivity index (χ1v) is 8.00. The minimum atomic E-state index is -1.08. The molecule has 0 saturated heterocycles. The highest BCUT2D eigenvalue weighted by Gasteiger charge is 2.19. The van der Waals surface area contributed by atoms with E-state index in [4.69, 9.17) is 9.47 Å². The maximum atomic E-state index is 11.9. The highest BCUT2D eigenvalue weighted by Crippen LogP contribution is 2.12. The first-order chi connectivity index (χ1) is 12.5. The summed E-state index contributed by atoms with van der Waals surface area (Å²) in [5.74, 6) is -1.28. The van der Waals surface area contributed by atoms with Crippen LogP contribution in [0.2, 0.25) is 0 Å². The smallest absolute Gasteiger partial charge is 0.344 e. The van der Waals surface area contributed by atoms with Crippen LogP contribution in [-0.4, -0.2) is 30.5 Å². The van der Waals surface area contributed by atoms with Gasteiger partial charge in [0.05, 0.1) is 0 Å². The van der Waals surface area contributed by atoms with Crippen LogP contribution < -0.4 is 15.6 Å². The van der Waals surface area contributed by atoms with Crippen molar-refractivity contribution in [3.05, 3.63) is 65.7 Å². The van der Waals surface area contributed by atoms with E-state index in [0.29, 0.717) is 11.3 Å². The summed E-state index contributed by atoms with van der Waals surface area (Å²) >= 11 is 0. The molecule has 0 aliphatic heterocycles. The third-order valence-corrected chi connectivity index (χ3v) is 3.36. The fourth-order valence-electron chi connectivity index (χ4n) is 2.01. The number of hydrogen-bond donors (Lipinski definition) is 2. The number of amides is 2. The second-order valence-electron chi connectivity index (χ2n) is 5.55. The lowest BCUT2D eigenvalue weighted by atomic mass is 10.2. The van der Waals surface area contributed by atoms with Gasteiger partial charge in [0, 0.05) is 5.56 Å². The van der Waals surface area contributed by atoms with Gasteiger partial charge in [0.25, 0.3) is 11.8 Å². The summed E-state index contributed by atoms with van der Waals surface area (Å²) in [6.45, 7) is 2.98. The van der Waals surface area contributed by atoms with Gasteiger partial charge in [0.15, 0.2) is 12.7 Å². The summed E-state index contributed by atoms with van der Waals surface area (Å²) in [6.07, 6.45) is -1.08. The summed E-state index contributed by atoms with van der Waals surface area (Å²) in [4.78, 5) is 35.5. The van der Waals surface area contributed by atoms with E-state index in [9.17, 15) is 14.4 Å². The van der Waals surface area contributed by atoms with Crippen molar-refractivity contribution in [1.29, 1.82) is 0 Å². The molecule has 0 aromatic heterocycles. The molecule has 2 aromatic carbocycles. The van der Waals surface area contributed by atoms with Gasteiger partial charge in [-0.15, -0.1) is 0 Å². The second kappa shape index (κ2) is 9.22. The van der Waals surface area contributed by atoms with Gasteiger partial charge in [0.2, 0.25) is 0 Å². The van der Waals surface area contributed by atoms with Crippen molar-refractivity contribution in [3.63, 3.8) is 0 Å². The lowest BCUT2D eigenvalue weighted by Crippen LogP contribution is -2.47. The lowest BCUT2D eigenvalue weighted by molar-refractivity contribution is -0.156. The van der Waals surface area contributed by atoms with Gasteiger partial charge in [-0.05, 0) is 43.7 Å². The Morgan fingerprint density at radius 3 is 2.42 bits per heavy atom. The largest absolute Gasteiger partial charge is 0.482 e. The fraction of sp³-hybridized carbons (Fsp3) is 0.211. The van der Waals surface area contributed by atoms with E-state index < -0.39 is 23.9 Å². The molecule has 0 bridgehead atoms. The van der Waals surface area contributed by atoms with Gasteiger partial charge in [-0.2, -0.15) is 0 Å². The van der Waals surface area contributed by atoms with E-state index >= 15 is 0 Å². The Kier molecular flexibility index (Phi) is 6.73. The Morgan fingerprint density at radius 2 is 1.73 bits per heavy atom. The topological polar surface area (TPSA) is 93.7 Å². The van der Waals surface area contributed by atoms with Crippen molar-refractivity contribution in [1.82, 2.24) is 10.9 Å². The number of hydrazine groups is 1. The molecule has 136 valence electrons. The van der Waals surface area contributed by atoms with Gasteiger partial charge >= 0.3 is 5.97 Å². The van der Waals surface area contributed by atoms with Crippen molar-refractivity contribution >= 4 is 17.8 Å². The van der Waals surface area contributed by atoms with Gasteiger partial charge in [-0.1, -0.05) is 30.3 Å². The van der Waals surface area contributed by atoms with Crippen LogP contribution in [0.25, 0.3) is 0 Å². The first kappa shape index (κ1) is 19.0. The third-order valence-electron chi connectivity index (χ3n) is 3.36. The Morgan fingerprint density at radius 1 is 1.00 bits per heavy atom. The molecule has 26 heavy (non-hydrogen) atoms. The first-order valence-electron chi connectivity index (χ1n) is 8.00. The molecular weight excluding hydrogens is 336 g/mol. The average molecular weight is 356 g/mol. The summed E-state index contributed by atoms with van der Waals surface area (Å²) in [7, 11) is 0. The molecule has 2 amide bonds. The molecule has 1 atom stereocenters. The summed E-state index contributed by atoms with van der Waals surface area (Å²) in [6, 6.07) is 15.6.